The van der Waals surface area contributed by atoms with E-state index in [2.05, 4.69) is 21.5 Å². The van der Waals surface area contributed by atoms with Gasteiger partial charge in [0.05, 0.1) is 0 Å². The van der Waals surface area contributed by atoms with Crippen molar-refractivity contribution >= 4 is 5.97 Å². The predicted molar refractivity (Wildman–Crippen MR) is 98.5 cm³/mol. The van der Waals surface area contributed by atoms with Gasteiger partial charge < -0.3 is 14.6 Å². The van der Waals surface area contributed by atoms with Crippen LogP contribution >= 0.6 is 0 Å². The van der Waals surface area contributed by atoms with Gasteiger partial charge in [-0.2, -0.15) is 9.97 Å². The van der Waals surface area contributed by atoms with Crippen molar-refractivity contribution in [3.63, 3.8) is 0 Å². The Labute approximate surface area is 156 Å². The Morgan fingerprint density at radius 1 is 0.963 bits per heavy atom. The van der Waals surface area contributed by atoms with Crippen molar-refractivity contribution in [3.05, 3.63) is 73.3 Å². The molecule has 1 N–H and O–H groups in total. The summed E-state index contributed by atoms with van der Waals surface area (Å²) in [7, 11) is 0. The zero-order chi connectivity index (χ0) is 19.1. The molecule has 3 aromatic rings. The first-order chi connectivity index (χ1) is 13.2. The summed E-state index contributed by atoms with van der Waals surface area (Å²) in [5.74, 6) is 0.0621. The molecule has 1 aromatic heterocycles. The van der Waals surface area contributed by atoms with E-state index in [0.29, 0.717) is 11.6 Å². The molecule has 0 aliphatic heterocycles. The molecule has 2 aromatic carbocycles. The molecule has 0 fully saturated rings. The maximum atomic E-state index is 11.4. The molecule has 7 nitrogen and oxygen atoms in total. The second-order valence-electron chi connectivity index (χ2n) is 5.37. The molecule has 1 heterocycles. The number of aliphatic hydroxyl groups is 1. The van der Waals surface area contributed by atoms with Gasteiger partial charge in [0, 0.05) is 17.2 Å². The van der Waals surface area contributed by atoms with Crippen molar-refractivity contribution in [1.82, 2.24) is 15.0 Å². The van der Waals surface area contributed by atoms with Gasteiger partial charge in [0.25, 0.3) is 6.29 Å². The molecule has 0 radical (unpaired) electrons. The largest absolute Gasteiger partial charge is 0.420 e. The SMILES string of the molecule is C=CC(=O)OC(CO)Oc1nc(-c2ccccc2)nc(-c2ccccc2)n1. The Kier molecular flexibility index (Phi) is 5.86. The zero-order valence-electron chi connectivity index (χ0n) is 14.4. The predicted octanol–water partition coefficient (Wildman–Crippen LogP) is 2.63. The van der Waals surface area contributed by atoms with E-state index in [9.17, 15) is 9.90 Å². The normalized spacial score (nSPS) is 11.4. The number of carbonyl (C=O) groups excluding carboxylic acids is 1. The molecule has 3 rings (SSSR count). The van der Waals surface area contributed by atoms with E-state index in [0.717, 1.165) is 17.2 Å². The van der Waals surface area contributed by atoms with E-state index in [-0.39, 0.29) is 6.01 Å². The van der Waals surface area contributed by atoms with Gasteiger partial charge in [-0.15, -0.1) is 0 Å². The van der Waals surface area contributed by atoms with E-state index < -0.39 is 18.9 Å². The standard InChI is InChI=1S/C20H17N3O4/c1-2-16(25)26-17(13-24)27-20-22-18(14-9-5-3-6-10-14)21-19(23-20)15-11-7-4-8-12-15/h2-12,17,24H,1,13H2. The average molecular weight is 363 g/mol. The minimum absolute atomic E-state index is 0.0707. The fourth-order valence-corrected chi connectivity index (χ4v) is 2.24. The molecule has 136 valence electrons. The fourth-order valence-electron chi connectivity index (χ4n) is 2.24. The van der Waals surface area contributed by atoms with E-state index in [4.69, 9.17) is 9.47 Å². The van der Waals surface area contributed by atoms with Gasteiger partial charge in [-0.25, -0.2) is 9.78 Å². The molecule has 0 aliphatic carbocycles. The van der Waals surface area contributed by atoms with Crippen LogP contribution in [0.4, 0.5) is 0 Å². The van der Waals surface area contributed by atoms with Crippen LogP contribution in [0.2, 0.25) is 0 Å². The Morgan fingerprint density at radius 3 is 1.93 bits per heavy atom. The van der Waals surface area contributed by atoms with E-state index >= 15 is 0 Å². The van der Waals surface area contributed by atoms with Crippen LogP contribution in [-0.4, -0.2) is 38.9 Å². The molecule has 0 amide bonds. The van der Waals surface area contributed by atoms with E-state index in [1.54, 1.807) is 0 Å². The second-order valence-corrected chi connectivity index (χ2v) is 5.37. The van der Waals surface area contributed by atoms with Crippen LogP contribution in [0, 0.1) is 0 Å². The molecular weight excluding hydrogens is 346 g/mol. The van der Waals surface area contributed by atoms with Gasteiger partial charge in [-0.1, -0.05) is 67.2 Å². The van der Waals surface area contributed by atoms with Crippen LogP contribution in [0.25, 0.3) is 22.8 Å². The highest BCUT2D eigenvalue weighted by molar-refractivity contribution is 5.81. The number of carbonyl (C=O) groups is 1. The van der Waals surface area contributed by atoms with Crippen LogP contribution in [-0.2, 0) is 9.53 Å². The lowest BCUT2D eigenvalue weighted by Gasteiger charge is -2.16. The van der Waals surface area contributed by atoms with Crippen molar-refractivity contribution in [2.75, 3.05) is 6.61 Å². The molecule has 1 unspecified atom stereocenters. The lowest BCUT2D eigenvalue weighted by molar-refractivity contribution is -0.163. The minimum atomic E-state index is -1.26. The molecule has 1 atom stereocenters. The Hall–Kier alpha value is -3.58. The van der Waals surface area contributed by atoms with Gasteiger partial charge in [-0.05, 0) is 0 Å². The third kappa shape index (κ3) is 4.74. The van der Waals surface area contributed by atoms with Crippen molar-refractivity contribution in [1.29, 1.82) is 0 Å². The van der Waals surface area contributed by atoms with Crippen LogP contribution < -0.4 is 4.74 Å². The number of benzene rings is 2. The number of nitrogens with zero attached hydrogens (tertiary/aromatic N) is 3. The quantitative estimate of drug-likeness (QED) is 0.392. The second kappa shape index (κ2) is 8.68. The smallest absolute Gasteiger partial charge is 0.333 e. The summed E-state index contributed by atoms with van der Waals surface area (Å²) in [6.07, 6.45) is -0.283. The first-order valence-electron chi connectivity index (χ1n) is 8.17. The van der Waals surface area contributed by atoms with Gasteiger partial charge >= 0.3 is 12.0 Å². The molecular formula is C20H17N3O4. The third-order valence-electron chi connectivity index (χ3n) is 3.48. The fraction of sp³-hybridized carbons (Fsp3) is 0.100. The molecule has 0 aliphatic rings. The Morgan fingerprint density at radius 2 is 1.48 bits per heavy atom. The van der Waals surface area contributed by atoms with Gasteiger partial charge in [0.2, 0.25) is 0 Å². The molecule has 0 saturated carbocycles. The summed E-state index contributed by atoms with van der Waals surface area (Å²) in [6.45, 7) is 2.75. The Bertz CT molecular complexity index is 859. The monoisotopic (exact) mass is 363 g/mol. The summed E-state index contributed by atoms with van der Waals surface area (Å²) in [4.78, 5) is 24.4. The molecule has 7 heteroatoms. The van der Waals surface area contributed by atoms with Crippen LogP contribution in [0.15, 0.2) is 73.3 Å². The molecule has 0 saturated heterocycles. The average Bonchev–Trinajstić information content (AvgIpc) is 2.74. The van der Waals surface area contributed by atoms with Crippen molar-refractivity contribution < 1.29 is 19.4 Å². The first kappa shape index (κ1) is 18.2. The highest BCUT2D eigenvalue weighted by Crippen LogP contribution is 2.22. The molecule has 0 bridgehead atoms. The Balaban J connectivity index is 1.99. The number of aromatic nitrogens is 3. The van der Waals surface area contributed by atoms with Crippen LogP contribution in [0.1, 0.15) is 0 Å². The minimum Gasteiger partial charge on any atom is -0.420 e. The maximum absolute atomic E-state index is 11.4. The number of ether oxygens (including phenoxy) is 2. The summed E-state index contributed by atoms with van der Waals surface area (Å²) in [5, 5.41) is 9.40. The van der Waals surface area contributed by atoms with Crippen LogP contribution in [0.3, 0.4) is 0 Å². The topological polar surface area (TPSA) is 94.4 Å². The first-order valence-corrected chi connectivity index (χ1v) is 8.17. The summed E-state index contributed by atoms with van der Waals surface area (Å²) >= 11 is 0. The number of rotatable bonds is 7. The summed E-state index contributed by atoms with van der Waals surface area (Å²) in [6, 6.07) is 18.6. The van der Waals surface area contributed by atoms with E-state index in [1.165, 1.54) is 0 Å². The highest BCUT2D eigenvalue weighted by atomic mass is 16.7. The lowest BCUT2D eigenvalue weighted by Crippen LogP contribution is -2.28. The maximum Gasteiger partial charge on any atom is 0.333 e. The highest BCUT2D eigenvalue weighted by Gasteiger charge is 2.18. The summed E-state index contributed by atoms with van der Waals surface area (Å²) in [5.41, 5.74) is 1.54. The molecule has 0 spiro atoms. The zero-order valence-corrected chi connectivity index (χ0v) is 14.4. The van der Waals surface area contributed by atoms with Gasteiger partial charge in [0.1, 0.15) is 6.61 Å². The third-order valence-corrected chi connectivity index (χ3v) is 3.48. The summed E-state index contributed by atoms with van der Waals surface area (Å²) < 4.78 is 10.4. The van der Waals surface area contributed by atoms with Crippen molar-refractivity contribution in [2.45, 2.75) is 6.29 Å². The number of esters is 1. The lowest BCUT2D eigenvalue weighted by atomic mass is 10.2. The van der Waals surface area contributed by atoms with Gasteiger partial charge in [-0.3, -0.25) is 0 Å². The van der Waals surface area contributed by atoms with Crippen molar-refractivity contribution in [3.8, 4) is 28.8 Å². The van der Waals surface area contributed by atoms with E-state index in [1.807, 2.05) is 60.7 Å². The van der Waals surface area contributed by atoms with Crippen molar-refractivity contribution in [2.24, 2.45) is 0 Å². The number of hydrogen-bond donors (Lipinski definition) is 1. The number of aliphatic hydroxyl groups excluding tert-OH is 1. The van der Waals surface area contributed by atoms with Crippen LogP contribution in [0.5, 0.6) is 6.01 Å². The number of hydrogen-bond acceptors (Lipinski definition) is 7. The van der Waals surface area contributed by atoms with Gasteiger partial charge in [0.15, 0.2) is 11.6 Å². The molecule has 27 heavy (non-hydrogen) atoms.